The molecule has 76 valence electrons. The Morgan fingerprint density at radius 2 is 2.21 bits per heavy atom. The maximum atomic E-state index is 12.7. The first-order valence-corrected chi connectivity index (χ1v) is 4.20. The van der Waals surface area contributed by atoms with E-state index in [2.05, 4.69) is 0 Å². The smallest absolute Gasteiger partial charge is 0.336 e. The van der Waals surface area contributed by atoms with Crippen molar-refractivity contribution in [2.45, 2.75) is 12.8 Å². The lowest BCUT2D eigenvalue weighted by atomic mass is 9.96. The molecule has 0 heterocycles. The van der Waals surface area contributed by atoms with E-state index in [0.717, 1.165) is 6.07 Å². The normalized spacial score (nSPS) is 12.5. The highest BCUT2D eigenvalue weighted by Gasteiger charge is 2.15. The van der Waals surface area contributed by atoms with Crippen LogP contribution in [0.3, 0.4) is 0 Å². The Balaban J connectivity index is 3.21. The summed E-state index contributed by atoms with van der Waals surface area (Å²) in [5.41, 5.74) is 0.355. The lowest BCUT2D eigenvalue weighted by Gasteiger charge is -2.11. The van der Waals surface area contributed by atoms with Crippen LogP contribution in [0.5, 0.6) is 0 Å². The highest BCUT2D eigenvalue weighted by Crippen LogP contribution is 2.20. The van der Waals surface area contributed by atoms with Crippen LogP contribution in [-0.4, -0.2) is 22.8 Å². The molecule has 0 saturated carbocycles. The van der Waals surface area contributed by atoms with Crippen molar-refractivity contribution < 1.29 is 19.4 Å². The zero-order valence-corrected chi connectivity index (χ0v) is 7.70. The van der Waals surface area contributed by atoms with Gasteiger partial charge in [-0.3, -0.25) is 0 Å². The lowest BCUT2D eigenvalue weighted by molar-refractivity contribution is 0.0694. The van der Waals surface area contributed by atoms with Crippen molar-refractivity contribution >= 4 is 5.97 Å². The summed E-state index contributed by atoms with van der Waals surface area (Å²) in [5, 5.41) is 17.7. The minimum Gasteiger partial charge on any atom is -0.478 e. The van der Waals surface area contributed by atoms with Gasteiger partial charge in [-0.05, 0) is 17.7 Å². The molecule has 14 heavy (non-hydrogen) atoms. The van der Waals surface area contributed by atoms with E-state index in [0.29, 0.717) is 5.56 Å². The van der Waals surface area contributed by atoms with Gasteiger partial charge in [-0.15, -0.1) is 0 Å². The monoisotopic (exact) mass is 198 g/mol. The van der Waals surface area contributed by atoms with Gasteiger partial charge in [-0.2, -0.15) is 0 Å². The van der Waals surface area contributed by atoms with Gasteiger partial charge in [-0.1, -0.05) is 13.0 Å². The van der Waals surface area contributed by atoms with Crippen molar-refractivity contribution in [2.75, 3.05) is 6.61 Å². The highest BCUT2D eigenvalue weighted by atomic mass is 19.1. The SMILES string of the molecule is CC(CO)c1ccc(F)cc1C(=O)O. The Bertz CT molecular complexity index is 349. The maximum absolute atomic E-state index is 12.7. The van der Waals surface area contributed by atoms with Crippen molar-refractivity contribution in [2.24, 2.45) is 0 Å². The van der Waals surface area contributed by atoms with Gasteiger partial charge in [0.2, 0.25) is 0 Å². The molecule has 3 nitrogen and oxygen atoms in total. The number of benzene rings is 1. The van der Waals surface area contributed by atoms with Crippen LogP contribution in [0.15, 0.2) is 18.2 Å². The van der Waals surface area contributed by atoms with Gasteiger partial charge in [0.1, 0.15) is 5.82 Å². The zero-order chi connectivity index (χ0) is 10.7. The summed E-state index contributed by atoms with van der Waals surface area (Å²) in [6.45, 7) is 1.52. The van der Waals surface area contributed by atoms with Gasteiger partial charge in [0, 0.05) is 12.5 Å². The van der Waals surface area contributed by atoms with Gasteiger partial charge in [0.25, 0.3) is 0 Å². The molecule has 0 bridgehead atoms. The summed E-state index contributed by atoms with van der Waals surface area (Å²) in [7, 11) is 0. The molecule has 0 aliphatic heterocycles. The van der Waals surface area contributed by atoms with Crippen LogP contribution < -0.4 is 0 Å². The first kappa shape index (κ1) is 10.7. The number of carboxylic acid groups (broad SMARTS) is 1. The maximum Gasteiger partial charge on any atom is 0.336 e. The second kappa shape index (κ2) is 4.19. The van der Waals surface area contributed by atoms with E-state index in [1.165, 1.54) is 12.1 Å². The summed E-state index contributed by atoms with van der Waals surface area (Å²) in [5.74, 6) is -2.07. The third-order valence-corrected chi connectivity index (χ3v) is 2.05. The molecule has 0 radical (unpaired) electrons. The third kappa shape index (κ3) is 2.09. The van der Waals surface area contributed by atoms with Crippen molar-refractivity contribution in [3.8, 4) is 0 Å². The second-order valence-electron chi connectivity index (χ2n) is 3.12. The second-order valence-corrected chi connectivity index (χ2v) is 3.12. The number of aliphatic hydroxyl groups excluding tert-OH is 1. The largest absolute Gasteiger partial charge is 0.478 e. The molecule has 0 amide bonds. The summed E-state index contributed by atoms with van der Waals surface area (Å²) < 4.78 is 12.7. The molecule has 0 fully saturated rings. The molecule has 0 saturated heterocycles. The number of carbonyl (C=O) groups is 1. The average molecular weight is 198 g/mol. The number of carboxylic acids is 1. The predicted octanol–water partition coefficient (Wildman–Crippen LogP) is 1.62. The van der Waals surface area contributed by atoms with Crippen LogP contribution in [-0.2, 0) is 0 Å². The van der Waals surface area contributed by atoms with E-state index in [-0.39, 0.29) is 18.1 Å². The molecular formula is C10H11FO3. The number of aromatic carboxylic acids is 1. The summed E-state index contributed by atoms with van der Waals surface area (Å²) in [6.07, 6.45) is 0. The van der Waals surface area contributed by atoms with Crippen molar-refractivity contribution in [1.29, 1.82) is 0 Å². The molecule has 1 rings (SSSR count). The van der Waals surface area contributed by atoms with E-state index in [9.17, 15) is 9.18 Å². The highest BCUT2D eigenvalue weighted by molar-refractivity contribution is 5.89. The Morgan fingerprint density at radius 3 is 2.71 bits per heavy atom. The van der Waals surface area contributed by atoms with E-state index in [1.807, 2.05) is 0 Å². The van der Waals surface area contributed by atoms with Crippen molar-refractivity contribution in [1.82, 2.24) is 0 Å². The fraction of sp³-hybridized carbons (Fsp3) is 0.300. The minimum atomic E-state index is -1.18. The molecule has 1 aromatic carbocycles. The minimum absolute atomic E-state index is 0.0912. The molecule has 0 spiro atoms. The molecule has 0 aliphatic rings. The van der Waals surface area contributed by atoms with E-state index < -0.39 is 11.8 Å². The Kier molecular flexibility index (Phi) is 3.19. The van der Waals surface area contributed by atoms with Crippen LogP contribution in [0.25, 0.3) is 0 Å². The fourth-order valence-corrected chi connectivity index (χ4v) is 1.24. The number of hydrogen-bond acceptors (Lipinski definition) is 2. The van der Waals surface area contributed by atoms with Crippen LogP contribution in [0.4, 0.5) is 4.39 Å². The van der Waals surface area contributed by atoms with Crippen molar-refractivity contribution in [3.05, 3.63) is 35.1 Å². The Hall–Kier alpha value is -1.42. The van der Waals surface area contributed by atoms with E-state index >= 15 is 0 Å². The average Bonchev–Trinajstić information content (AvgIpc) is 2.16. The van der Waals surface area contributed by atoms with Gasteiger partial charge in [0.15, 0.2) is 0 Å². The zero-order valence-electron chi connectivity index (χ0n) is 7.70. The van der Waals surface area contributed by atoms with Crippen molar-refractivity contribution in [3.63, 3.8) is 0 Å². The summed E-state index contributed by atoms with van der Waals surface area (Å²) in [4.78, 5) is 10.7. The number of hydrogen-bond donors (Lipinski definition) is 2. The van der Waals surface area contributed by atoms with Crippen LogP contribution >= 0.6 is 0 Å². The van der Waals surface area contributed by atoms with Gasteiger partial charge < -0.3 is 10.2 Å². The molecule has 0 aromatic heterocycles. The molecule has 0 aliphatic carbocycles. The Morgan fingerprint density at radius 1 is 1.57 bits per heavy atom. The number of rotatable bonds is 3. The van der Waals surface area contributed by atoms with Gasteiger partial charge in [-0.25, -0.2) is 9.18 Å². The molecule has 4 heteroatoms. The van der Waals surface area contributed by atoms with Gasteiger partial charge >= 0.3 is 5.97 Å². The van der Waals surface area contributed by atoms with Crippen LogP contribution in [0.1, 0.15) is 28.8 Å². The van der Waals surface area contributed by atoms with E-state index in [1.54, 1.807) is 6.92 Å². The lowest BCUT2D eigenvalue weighted by Crippen LogP contribution is -2.08. The topological polar surface area (TPSA) is 57.5 Å². The first-order valence-electron chi connectivity index (χ1n) is 4.20. The molecule has 2 N–H and O–H groups in total. The predicted molar refractivity (Wildman–Crippen MR) is 48.9 cm³/mol. The quantitative estimate of drug-likeness (QED) is 0.775. The standard InChI is InChI=1S/C10H11FO3/c1-6(5-12)8-3-2-7(11)4-9(8)10(13)14/h2-4,6,12H,5H2,1H3,(H,13,14). The van der Waals surface area contributed by atoms with Crippen LogP contribution in [0, 0.1) is 5.82 Å². The Labute approximate surface area is 80.8 Å². The van der Waals surface area contributed by atoms with Gasteiger partial charge in [0.05, 0.1) is 5.56 Å². The first-order chi connectivity index (χ1) is 6.56. The number of halogens is 1. The summed E-state index contributed by atoms with van der Waals surface area (Å²) in [6, 6.07) is 3.54. The number of aliphatic hydroxyl groups is 1. The third-order valence-electron chi connectivity index (χ3n) is 2.05. The molecule has 1 unspecified atom stereocenters. The molecular weight excluding hydrogens is 187 g/mol. The van der Waals surface area contributed by atoms with E-state index in [4.69, 9.17) is 10.2 Å². The molecule has 1 atom stereocenters. The fourth-order valence-electron chi connectivity index (χ4n) is 1.24. The van der Waals surface area contributed by atoms with Crippen LogP contribution in [0.2, 0.25) is 0 Å². The molecule has 1 aromatic rings. The summed E-state index contributed by atoms with van der Waals surface area (Å²) >= 11 is 0.